The van der Waals surface area contributed by atoms with E-state index in [0.717, 1.165) is 26.1 Å². The molecule has 106 valence electrons. The molecule has 1 N–H and O–H groups in total. The van der Waals surface area contributed by atoms with Gasteiger partial charge in [0.2, 0.25) is 0 Å². The van der Waals surface area contributed by atoms with Crippen molar-refractivity contribution in [2.75, 3.05) is 13.2 Å². The summed E-state index contributed by atoms with van der Waals surface area (Å²) in [5, 5.41) is 3.48. The Morgan fingerprint density at radius 2 is 1.84 bits per heavy atom. The maximum atomic E-state index is 5.91. The van der Waals surface area contributed by atoms with Crippen molar-refractivity contribution in [3.63, 3.8) is 0 Å². The predicted octanol–water partition coefficient (Wildman–Crippen LogP) is 3.82. The topological polar surface area (TPSA) is 21.3 Å². The Morgan fingerprint density at radius 3 is 2.58 bits per heavy atom. The molecular weight excluding hydrogens is 234 g/mol. The van der Waals surface area contributed by atoms with Gasteiger partial charge in [-0.3, -0.25) is 0 Å². The number of ether oxygens (including phenoxy) is 1. The molecule has 0 aromatic heterocycles. The van der Waals surface area contributed by atoms with Gasteiger partial charge in [-0.25, -0.2) is 0 Å². The number of benzene rings is 1. The van der Waals surface area contributed by atoms with Crippen LogP contribution in [0.5, 0.6) is 0 Å². The summed E-state index contributed by atoms with van der Waals surface area (Å²) in [6, 6.07) is 8.73. The molecule has 0 atom stereocenters. The molecule has 2 nitrogen and oxygen atoms in total. The highest BCUT2D eigenvalue weighted by atomic mass is 16.5. The Balaban J connectivity index is 1.49. The zero-order valence-electron chi connectivity index (χ0n) is 12.2. The van der Waals surface area contributed by atoms with Gasteiger partial charge in [0, 0.05) is 13.2 Å². The first-order valence-electron chi connectivity index (χ1n) is 7.72. The third-order valence-electron chi connectivity index (χ3n) is 3.85. The summed E-state index contributed by atoms with van der Waals surface area (Å²) in [5.41, 5.74) is 2.68. The molecule has 0 aliphatic heterocycles. The van der Waals surface area contributed by atoms with Crippen molar-refractivity contribution in [2.24, 2.45) is 0 Å². The van der Waals surface area contributed by atoms with Gasteiger partial charge in [0.05, 0.1) is 6.10 Å². The summed E-state index contributed by atoms with van der Waals surface area (Å²) in [6.07, 6.45) is 8.33. The van der Waals surface area contributed by atoms with Crippen LogP contribution in [0.1, 0.15) is 49.7 Å². The minimum Gasteiger partial charge on any atom is -0.378 e. The number of hydrogen-bond acceptors (Lipinski definition) is 2. The van der Waals surface area contributed by atoms with Gasteiger partial charge < -0.3 is 10.1 Å². The molecule has 0 unspecified atom stereocenters. The summed E-state index contributed by atoms with van der Waals surface area (Å²) in [4.78, 5) is 0. The van der Waals surface area contributed by atoms with Gasteiger partial charge in [-0.2, -0.15) is 0 Å². The molecule has 1 aromatic rings. The Labute approximate surface area is 117 Å². The highest BCUT2D eigenvalue weighted by molar-refractivity contribution is 5.20. The number of nitrogens with one attached hydrogen (secondary N) is 1. The van der Waals surface area contributed by atoms with Crippen LogP contribution >= 0.6 is 0 Å². The van der Waals surface area contributed by atoms with Gasteiger partial charge in [0.25, 0.3) is 0 Å². The van der Waals surface area contributed by atoms with E-state index in [-0.39, 0.29) is 0 Å². The lowest BCUT2D eigenvalue weighted by Crippen LogP contribution is -2.20. The van der Waals surface area contributed by atoms with Gasteiger partial charge in [-0.1, -0.05) is 49.1 Å². The number of rotatable bonds is 7. The van der Waals surface area contributed by atoms with E-state index in [1.165, 1.54) is 43.2 Å². The van der Waals surface area contributed by atoms with Crippen LogP contribution < -0.4 is 5.32 Å². The molecule has 1 saturated carbocycles. The van der Waals surface area contributed by atoms with Crippen LogP contribution in [0.3, 0.4) is 0 Å². The zero-order valence-corrected chi connectivity index (χ0v) is 12.2. The lowest BCUT2D eigenvalue weighted by atomic mass is 9.98. The van der Waals surface area contributed by atoms with Crippen molar-refractivity contribution < 1.29 is 4.74 Å². The number of aryl methyl sites for hydroxylation is 1. The summed E-state index contributed by atoms with van der Waals surface area (Å²) < 4.78 is 5.91. The maximum Gasteiger partial charge on any atom is 0.0575 e. The van der Waals surface area contributed by atoms with Gasteiger partial charge in [0.1, 0.15) is 0 Å². The molecule has 0 radical (unpaired) electrons. The summed E-state index contributed by atoms with van der Waals surface area (Å²) in [7, 11) is 0. The largest absolute Gasteiger partial charge is 0.378 e. The van der Waals surface area contributed by atoms with Crippen molar-refractivity contribution in [3.05, 3.63) is 35.4 Å². The summed E-state index contributed by atoms with van der Waals surface area (Å²) >= 11 is 0. The van der Waals surface area contributed by atoms with Gasteiger partial charge >= 0.3 is 0 Å². The molecular formula is C17H27NO. The van der Waals surface area contributed by atoms with Crippen LogP contribution in [0, 0.1) is 6.92 Å². The maximum absolute atomic E-state index is 5.91. The van der Waals surface area contributed by atoms with E-state index in [2.05, 4.69) is 36.5 Å². The molecule has 0 saturated heterocycles. The van der Waals surface area contributed by atoms with E-state index in [0.29, 0.717) is 6.10 Å². The summed E-state index contributed by atoms with van der Waals surface area (Å²) in [5.74, 6) is 0. The molecule has 19 heavy (non-hydrogen) atoms. The van der Waals surface area contributed by atoms with E-state index < -0.39 is 0 Å². The highest BCUT2D eigenvalue weighted by Crippen LogP contribution is 2.20. The van der Waals surface area contributed by atoms with Crippen molar-refractivity contribution in [1.29, 1.82) is 0 Å². The SMILES string of the molecule is Cc1ccc(CNCCCOC2CCCCC2)cc1. The standard InChI is InChI=1S/C17H27NO/c1-15-8-10-16(11-9-15)14-18-12-5-13-19-17-6-3-2-4-7-17/h8-11,17-18H,2-7,12-14H2,1H3. The van der Waals surface area contributed by atoms with Crippen LogP contribution in [0.15, 0.2) is 24.3 Å². The Hall–Kier alpha value is -0.860. The second kappa shape index (κ2) is 8.34. The molecule has 2 heteroatoms. The normalized spacial score (nSPS) is 16.7. The van der Waals surface area contributed by atoms with E-state index in [4.69, 9.17) is 4.74 Å². The molecule has 1 fully saturated rings. The number of hydrogen-bond donors (Lipinski definition) is 1. The second-order valence-electron chi connectivity index (χ2n) is 5.65. The lowest BCUT2D eigenvalue weighted by molar-refractivity contribution is 0.0273. The third kappa shape index (κ3) is 5.75. The average Bonchev–Trinajstić information content (AvgIpc) is 2.46. The van der Waals surface area contributed by atoms with Crippen LogP contribution in [0.25, 0.3) is 0 Å². The van der Waals surface area contributed by atoms with E-state index >= 15 is 0 Å². The first-order valence-corrected chi connectivity index (χ1v) is 7.72. The average molecular weight is 261 g/mol. The first-order chi connectivity index (χ1) is 9.34. The quantitative estimate of drug-likeness (QED) is 0.753. The Kier molecular flexibility index (Phi) is 6.38. The fraction of sp³-hybridized carbons (Fsp3) is 0.647. The third-order valence-corrected chi connectivity index (χ3v) is 3.85. The zero-order chi connectivity index (χ0) is 13.3. The molecule has 0 amide bonds. The Morgan fingerprint density at radius 1 is 1.11 bits per heavy atom. The molecule has 1 aromatic carbocycles. The monoisotopic (exact) mass is 261 g/mol. The molecule has 2 rings (SSSR count). The molecule has 1 aliphatic rings. The van der Waals surface area contributed by atoms with Crippen LogP contribution in [0.4, 0.5) is 0 Å². The van der Waals surface area contributed by atoms with Crippen molar-refractivity contribution in [2.45, 2.75) is 58.1 Å². The van der Waals surface area contributed by atoms with Crippen molar-refractivity contribution in [1.82, 2.24) is 5.32 Å². The van der Waals surface area contributed by atoms with E-state index in [9.17, 15) is 0 Å². The minimum atomic E-state index is 0.547. The molecule has 0 spiro atoms. The van der Waals surface area contributed by atoms with Gasteiger partial charge in [-0.15, -0.1) is 0 Å². The molecule has 0 bridgehead atoms. The van der Waals surface area contributed by atoms with Crippen molar-refractivity contribution >= 4 is 0 Å². The molecule has 1 aliphatic carbocycles. The predicted molar refractivity (Wildman–Crippen MR) is 80.3 cm³/mol. The van der Waals surface area contributed by atoms with E-state index in [1.807, 2.05) is 0 Å². The smallest absolute Gasteiger partial charge is 0.0575 e. The van der Waals surface area contributed by atoms with Crippen LogP contribution in [0.2, 0.25) is 0 Å². The van der Waals surface area contributed by atoms with Crippen LogP contribution in [-0.4, -0.2) is 19.3 Å². The Bertz CT molecular complexity index is 341. The second-order valence-corrected chi connectivity index (χ2v) is 5.65. The first kappa shape index (κ1) is 14.5. The molecule has 0 heterocycles. The van der Waals surface area contributed by atoms with Crippen molar-refractivity contribution in [3.8, 4) is 0 Å². The minimum absolute atomic E-state index is 0.547. The summed E-state index contributed by atoms with van der Waals surface area (Å²) in [6.45, 7) is 5.04. The van der Waals surface area contributed by atoms with Crippen LogP contribution in [-0.2, 0) is 11.3 Å². The van der Waals surface area contributed by atoms with Gasteiger partial charge in [-0.05, 0) is 38.3 Å². The van der Waals surface area contributed by atoms with Gasteiger partial charge in [0.15, 0.2) is 0 Å². The lowest BCUT2D eigenvalue weighted by Gasteiger charge is -2.21. The fourth-order valence-electron chi connectivity index (χ4n) is 2.62. The fourth-order valence-corrected chi connectivity index (χ4v) is 2.62. The highest BCUT2D eigenvalue weighted by Gasteiger charge is 2.12. The van der Waals surface area contributed by atoms with E-state index in [1.54, 1.807) is 0 Å².